The molecule has 11 rings (SSSR count). The van der Waals surface area contributed by atoms with Gasteiger partial charge in [0.2, 0.25) is 0 Å². The molecule has 6 heteroatoms. The minimum Gasteiger partial charge on any atom is -0.340 e. The zero-order valence-electron chi connectivity index (χ0n) is 36.9. The quantitative estimate of drug-likeness (QED) is 0.247. The molecule has 0 radical (unpaired) electrons. The van der Waals surface area contributed by atoms with Gasteiger partial charge in [-0.25, -0.2) is 4.99 Å². The van der Waals surface area contributed by atoms with E-state index in [4.69, 9.17) is 9.98 Å². The summed E-state index contributed by atoms with van der Waals surface area (Å²) >= 11 is 0. The molecule has 320 valence electrons. The van der Waals surface area contributed by atoms with Crippen molar-refractivity contribution in [3.63, 3.8) is 0 Å². The van der Waals surface area contributed by atoms with Crippen LogP contribution in [-0.4, -0.2) is 36.1 Å². The van der Waals surface area contributed by atoms with Crippen LogP contribution in [0.1, 0.15) is 107 Å². The van der Waals surface area contributed by atoms with Crippen molar-refractivity contribution in [3.8, 4) is 11.1 Å². The lowest BCUT2D eigenvalue weighted by Crippen LogP contribution is -2.55. The van der Waals surface area contributed by atoms with Gasteiger partial charge in [0, 0.05) is 52.4 Å². The first-order chi connectivity index (χ1) is 31.1. The predicted molar refractivity (Wildman–Crippen MR) is 265 cm³/mol. The van der Waals surface area contributed by atoms with E-state index in [0.717, 1.165) is 57.2 Å². The minimum absolute atomic E-state index is 0.115. The molecule has 6 unspecified atom stereocenters. The number of anilines is 2. The number of nitrogens with zero attached hydrogens (tertiary/aromatic N) is 4. The average molecular weight is 831 g/mol. The number of amidine groups is 1. The lowest BCUT2D eigenvalue weighted by atomic mass is 9.80. The van der Waals surface area contributed by atoms with E-state index in [-0.39, 0.29) is 18.5 Å². The van der Waals surface area contributed by atoms with Crippen LogP contribution < -0.4 is 20.4 Å². The van der Waals surface area contributed by atoms with Crippen LogP contribution >= 0.6 is 0 Å². The topological polar surface area (TPSA) is 55.3 Å². The van der Waals surface area contributed by atoms with Crippen LogP contribution in [0.5, 0.6) is 0 Å². The SMILES string of the molecule is C=CCC1/C(=C\C)c2ccc(-c3ccc4c(c3)C3CC=CC=C3N4C3N=C(C4CCCCC4)CC(C4C=CC=CC4)N3)cc2N1C1C=C(C2=CC=CCC2)NC(C2=CC=CCC2)=N1. The molecule has 2 aromatic carbocycles. The van der Waals surface area contributed by atoms with Crippen LogP contribution in [0.15, 0.2) is 173 Å². The fourth-order valence-corrected chi connectivity index (χ4v) is 11.9. The van der Waals surface area contributed by atoms with Crippen molar-refractivity contribution in [2.24, 2.45) is 21.8 Å². The summed E-state index contributed by atoms with van der Waals surface area (Å²) in [6.07, 6.45) is 50.7. The molecule has 2 N–H and O–H groups in total. The third kappa shape index (κ3) is 7.54. The number of nitrogens with one attached hydrogen (secondary N) is 2. The summed E-state index contributed by atoms with van der Waals surface area (Å²) in [5, 5.41) is 7.93. The zero-order valence-corrected chi connectivity index (χ0v) is 36.9. The molecule has 0 saturated heterocycles. The predicted octanol–water partition coefficient (Wildman–Crippen LogP) is 12.8. The van der Waals surface area contributed by atoms with Gasteiger partial charge in [-0.1, -0.05) is 123 Å². The van der Waals surface area contributed by atoms with Crippen LogP contribution in [0, 0.1) is 11.8 Å². The second-order valence-electron chi connectivity index (χ2n) is 18.8. The zero-order chi connectivity index (χ0) is 42.3. The van der Waals surface area contributed by atoms with Gasteiger partial charge in [-0.3, -0.25) is 10.3 Å². The van der Waals surface area contributed by atoms with Gasteiger partial charge in [-0.15, -0.1) is 6.58 Å². The Labute approximate surface area is 375 Å². The summed E-state index contributed by atoms with van der Waals surface area (Å²) in [6, 6.07) is 14.9. The van der Waals surface area contributed by atoms with Gasteiger partial charge in [-0.05, 0) is 140 Å². The highest BCUT2D eigenvalue weighted by atomic mass is 15.4. The fraction of sp³-hybridized carbons (Fsp3) is 0.368. The van der Waals surface area contributed by atoms with E-state index in [1.54, 1.807) is 0 Å². The Morgan fingerprint density at radius 3 is 2.38 bits per heavy atom. The van der Waals surface area contributed by atoms with Crippen molar-refractivity contribution in [1.29, 1.82) is 0 Å². The van der Waals surface area contributed by atoms with Crippen LogP contribution in [0.4, 0.5) is 11.4 Å². The maximum atomic E-state index is 5.68. The van der Waals surface area contributed by atoms with Crippen molar-refractivity contribution in [3.05, 3.63) is 174 Å². The van der Waals surface area contributed by atoms with Gasteiger partial charge in [-0.2, -0.15) is 0 Å². The first-order valence-corrected chi connectivity index (χ1v) is 24.1. The smallest absolute Gasteiger partial charge is 0.180 e. The second-order valence-corrected chi connectivity index (χ2v) is 18.8. The molecular weight excluding hydrogens is 769 g/mol. The van der Waals surface area contributed by atoms with E-state index in [9.17, 15) is 0 Å². The maximum absolute atomic E-state index is 5.68. The summed E-state index contributed by atoms with van der Waals surface area (Å²) < 4.78 is 0. The standard InChI is InChI=1S/C57H62N6/c1-3-19-51-44(4-2)46-32-30-43(35-54(46)62(51)55-37-50(40-24-13-7-14-25-40)58-56(61-55)41-26-15-8-16-27-41)42-31-33-53-47(34-42)45-28-17-18-29-52(45)63(53)57-59-48(38-20-9-5-10-21-38)36-49(60-57)39-22-11-6-12-23-39/h3-5,7-10,13,15,17-18,20,24,26,29-35,37-39,45,48,51,55,57,59H,1,6,11-12,14,16,19,21-23,25,27-28,36H2,2H3,(H,58,61)/b44-4-. The van der Waals surface area contributed by atoms with Gasteiger partial charge < -0.3 is 15.1 Å². The van der Waals surface area contributed by atoms with Gasteiger partial charge in [0.15, 0.2) is 6.29 Å². The largest absolute Gasteiger partial charge is 0.340 e. The van der Waals surface area contributed by atoms with E-state index in [0.29, 0.717) is 23.8 Å². The molecule has 0 spiro atoms. The average Bonchev–Trinajstić information content (AvgIpc) is 3.86. The Bertz CT molecular complexity index is 2490. The number of aliphatic imine (C=N–C) groups is 2. The van der Waals surface area contributed by atoms with E-state index < -0.39 is 0 Å². The van der Waals surface area contributed by atoms with Gasteiger partial charge in [0.1, 0.15) is 12.0 Å². The molecule has 0 aromatic heterocycles. The van der Waals surface area contributed by atoms with Gasteiger partial charge in [0.25, 0.3) is 0 Å². The van der Waals surface area contributed by atoms with Gasteiger partial charge >= 0.3 is 0 Å². The lowest BCUT2D eigenvalue weighted by Gasteiger charge is -2.41. The summed E-state index contributed by atoms with van der Waals surface area (Å²) in [5.74, 6) is 2.38. The molecule has 4 heterocycles. The third-order valence-corrected chi connectivity index (χ3v) is 15.1. The molecule has 5 aliphatic carbocycles. The molecule has 6 atom stereocenters. The highest BCUT2D eigenvalue weighted by molar-refractivity contribution is 6.02. The van der Waals surface area contributed by atoms with Crippen molar-refractivity contribution in [2.45, 2.75) is 121 Å². The third-order valence-electron chi connectivity index (χ3n) is 15.1. The summed E-state index contributed by atoms with van der Waals surface area (Å²) in [4.78, 5) is 16.4. The van der Waals surface area contributed by atoms with Crippen molar-refractivity contribution < 1.29 is 0 Å². The van der Waals surface area contributed by atoms with Crippen LogP contribution in [-0.2, 0) is 0 Å². The number of hydrogen-bond donors (Lipinski definition) is 2. The number of fused-ring (bicyclic) bond motifs is 4. The molecule has 9 aliphatic rings. The summed E-state index contributed by atoms with van der Waals surface area (Å²) in [6.45, 7) is 6.44. The Balaban J connectivity index is 0.975. The van der Waals surface area contributed by atoms with E-state index in [1.807, 2.05) is 0 Å². The van der Waals surface area contributed by atoms with Crippen molar-refractivity contribution >= 4 is 28.5 Å². The molecule has 63 heavy (non-hydrogen) atoms. The lowest BCUT2D eigenvalue weighted by molar-refractivity contribution is 0.335. The maximum Gasteiger partial charge on any atom is 0.180 e. The molecule has 2 aromatic rings. The number of benzene rings is 2. The molecule has 0 bridgehead atoms. The molecule has 1 saturated carbocycles. The summed E-state index contributed by atoms with van der Waals surface area (Å²) in [5.41, 5.74) is 15.7. The highest BCUT2D eigenvalue weighted by Crippen LogP contribution is 2.51. The van der Waals surface area contributed by atoms with E-state index in [1.165, 1.54) is 99.6 Å². The normalized spacial score (nSPS) is 29.3. The molecule has 4 aliphatic heterocycles. The monoisotopic (exact) mass is 831 g/mol. The van der Waals surface area contributed by atoms with E-state index in [2.05, 4.69) is 168 Å². The van der Waals surface area contributed by atoms with Gasteiger partial charge in [0.05, 0.1) is 6.04 Å². The fourth-order valence-electron chi connectivity index (χ4n) is 11.9. The molecular formula is C57H62N6. The Morgan fingerprint density at radius 1 is 0.810 bits per heavy atom. The first kappa shape index (κ1) is 40.1. The van der Waals surface area contributed by atoms with Crippen molar-refractivity contribution in [1.82, 2.24) is 10.6 Å². The second kappa shape index (κ2) is 17.4. The van der Waals surface area contributed by atoms with Crippen molar-refractivity contribution in [2.75, 3.05) is 9.80 Å². The Morgan fingerprint density at radius 2 is 1.60 bits per heavy atom. The molecule has 1 fully saturated rings. The number of allylic oxidation sites excluding steroid dienone is 15. The van der Waals surface area contributed by atoms with E-state index >= 15 is 0 Å². The van der Waals surface area contributed by atoms with Crippen LogP contribution in [0.3, 0.4) is 0 Å². The molecule has 0 amide bonds. The minimum atomic E-state index is -0.174. The Kier molecular flexibility index (Phi) is 11.1. The summed E-state index contributed by atoms with van der Waals surface area (Å²) in [7, 11) is 0. The van der Waals surface area contributed by atoms with Crippen LogP contribution in [0.25, 0.3) is 16.7 Å². The van der Waals surface area contributed by atoms with Crippen LogP contribution in [0.2, 0.25) is 0 Å². The number of hydrogen-bond acceptors (Lipinski definition) is 6. The first-order valence-electron chi connectivity index (χ1n) is 24.1. The Hall–Kier alpha value is -5.72. The number of rotatable bonds is 9. The highest BCUT2D eigenvalue weighted by Gasteiger charge is 2.43. The molecule has 6 nitrogen and oxygen atoms in total.